The molecule has 1 atom stereocenters. The molecule has 124 valence electrons. The predicted molar refractivity (Wildman–Crippen MR) is 91.9 cm³/mol. The van der Waals surface area contributed by atoms with Crippen LogP contribution in [0.15, 0.2) is 48.5 Å². The Morgan fingerprint density at radius 2 is 2.00 bits per heavy atom. The van der Waals surface area contributed by atoms with Gasteiger partial charge in [0.1, 0.15) is 0 Å². The molecule has 1 aliphatic heterocycles. The Hall–Kier alpha value is -2.33. The van der Waals surface area contributed by atoms with Crippen LogP contribution in [-0.4, -0.2) is 29.4 Å². The molecule has 0 N–H and O–H groups in total. The van der Waals surface area contributed by atoms with Gasteiger partial charge in [0.05, 0.1) is 5.56 Å². The van der Waals surface area contributed by atoms with Crippen molar-refractivity contribution in [1.82, 2.24) is 4.90 Å². The monoisotopic (exact) mass is 343 g/mol. The van der Waals surface area contributed by atoms with Gasteiger partial charge >= 0.3 is 5.97 Å². The lowest BCUT2D eigenvalue weighted by Crippen LogP contribution is -2.51. The first-order chi connectivity index (χ1) is 11.4. The molecule has 2 aromatic carbocycles. The van der Waals surface area contributed by atoms with Gasteiger partial charge in [-0.25, -0.2) is 4.79 Å². The largest absolute Gasteiger partial charge is 0.445 e. The average Bonchev–Trinajstić information content (AvgIpc) is 2.54. The Morgan fingerprint density at radius 3 is 2.75 bits per heavy atom. The summed E-state index contributed by atoms with van der Waals surface area (Å²) in [5, 5.41) is 0.623. The number of ether oxygens (including phenoxy) is 1. The molecule has 24 heavy (non-hydrogen) atoms. The second kappa shape index (κ2) is 6.29. The van der Waals surface area contributed by atoms with Crippen molar-refractivity contribution in [3.8, 4) is 0 Å². The van der Waals surface area contributed by atoms with Crippen LogP contribution >= 0.6 is 11.6 Å². The van der Waals surface area contributed by atoms with Crippen molar-refractivity contribution in [2.75, 3.05) is 7.05 Å². The Morgan fingerprint density at radius 1 is 1.25 bits per heavy atom. The summed E-state index contributed by atoms with van der Waals surface area (Å²) in [6.45, 7) is 2.06. The van der Waals surface area contributed by atoms with E-state index in [9.17, 15) is 9.59 Å². The number of halogens is 1. The van der Waals surface area contributed by atoms with Gasteiger partial charge in [0, 0.05) is 25.0 Å². The van der Waals surface area contributed by atoms with Crippen molar-refractivity contribution in [2.24, 2.45) is 0 Å². The lowest BCUT2D eigenvalue weighted by molar-refractivity contribution is -0.150. The van der Waals surface area contributed by atoms with E-state index in [-0.39, 0.29) is 5.91 Å². The normalized spacial score (nSPS) is 19.4. The number of carbonyl (C=O) groups is 2. The molecule has 1 aliphatic rings. The number of carbonyl (C=O) groups excluding carboxylic acids is 2. The molecule has 5 heteroatoms. The smallest absolute Gasteiger partial charge is 0.339 e. The molecule has 0 aliphatic carbocycles. The van der Waals surface area contributed by atoms with Gasteiger partial charge in [0.2, 0.25) is 0 Å². The molecule has 4 nitrogen and oxygen atoms in total. The van der Waals surface area contributed by atoms with Crippen molar-refractivity contribution in [2.45, 2.75) is 25.5 Å². The van der Waals surface area contributed by atoms with E-state index in [4.69, 9.17) is 16.3 Å². The standard InChI is InChI=1S/C19H18ClNO3/c1-19(11-14-7-3-4-9-16(14)17(22)24-19)18(23)21(2)12-13-6-5-8-15(20)10-13/h3-10H,11-12H2,1-2H3/t19-/m0/s1. The molecule has 0 bridgehead atoms. The zero-order valence-corrected chi connectivity index (χ0v) is 14.3. The number of rotatable bonds is 3. The number of fused-ring (bicyclic) bond motifs is 1. The van der Waals surface area contributed by atoms with Crippen LogP contribution in [0.5, 0.6) is 0 Å². The Balaban J connectivity index is 1.80. The number of esters is 1. The molecule has 2 aromatic rings. The quantitative estimate of drug-likeness (QED) is 0.802. The highest BCUT2D eigenvalue weighted by molar-refractivity contribution is 6.30. The first-order valence-electron chi connectivity index (χ1n) is 7.70. The number of nitrogens with zero attached hydrogens (tertiary/aromatic N) is 1. The first kappa shape index (κ1) is 16.5. The highest BCUT2D eigenvalue weighted by Crippen LogP contribution is 2.29. The van der Waals surface area contributed by atoms with Crippen LogP contribution in [0.4, 0.5) is 0 Å². The molecule has 1 heterocycles. The van der Waals surface area contributed by atoms with E-state index in [1.54, 1.807) is 37.1 Å². The number of amides is 1. The molecule has 0 saturated carbocycles. The van der Waals surface area contributed by atoms with E-state index in [0.717, 1.165) is 11.1 Å². The van der Waals surface area contributed by atoms with Crippen molar-refractivity contribution in [1.29, 1.82) is 0 Å². The second-order valence-corrected chi connectivity index (χ2v) is 6.68. The summed E-state index contributed by atoms with van der Waals surface area (Å²) in [5.74, 6) is -0.686. The summed E-state index contributed by atoms with van der Waals surface area (Å²) in [7, 11) is 1.70. The summed E-state index contributed by atoms with van der Waals surface area (Å²) in [5.41, 5.74) is 1.09. The summed E-state index contributed by atoms with van der Waals surface area (Å²) in [4.78, 5) is 26.7. The second-order valence-electron chi connectivity index (χ2n) is 6.25. The van der Waals surface area contributed by atoms with E-state index in [2.05, 4.69) is 0 Å². The minimum atomic E-state index is -1.20. The maximum absolute atomic E-state index is 12.9. The molecule has 3 rings (SSSR count). The van der Waals surface area contributed by atoms with Gasteiger partial charge in [-0.1, -0.05) is 41.9 Å². The summed E-state index contributed by atoms with van der Waals surface area (Å²) in [6, 6.07) is 14.6. The minimum Gasteiger partial charge on any atom is -0.445 e. The fourth-order valence-corrected chi connectivity index (χ4v) is 3.25. The zero-order valence-electron chi connectivity index (χ0n) is 13.6. The molecule has 0 unspecified atom stereocenters. The maximum Gasteiger partial charge on any atom is 0.339 e. The van der Waals surface area contributed by atoms with Crippen LogP contribution in [0.25, 0.3) is 0 Å². The van der Waals surface area contributed by atoms with Gasteiger partial charge < -0.3 is 9.64 Å². The molecule has 0 saturated heterocycles. The summed E-state index contributed by atoms with van der Waals surface area (Å²) < 4.78 is 5.49. The number of hydrogen-bond acceptors (Lipinski definition) is 3. The summed E-state index contributed by atoms with van der Waals surface area (Å²) in [6.07, 6.45) is 0.369. The highest BCUT2D eigenvalue weighted by atomic mass is 35.5. The van der Waals surface area contributed by atoms with Gasteiger partial charge in [0.25, 0.3) is 5.91 Å². The predicted octanol–water partition coefficient (Wildman–Crippen LogP) is 3.47. The number of cyclic esters (lactones) is 1. The fourth-order valence-electron chi connectivity index (χ4n) is 3.04. The van der Waals surface area contributed by atoms with Gasteiger partial charge in [-0.15, -0.1) is 0 Å². The van der Waals surface area contributed by atoms with Crippen molar-refractivity contribution in [3.05, 3.63) is 70.2 Å². The third-order valence-corrected chi connectivity index (χ3v) is 4.43. The van der Waals surface area contributed by atoms with Crippen LogP contribution in [0.1, 0.15) is 28.4 Å². The van der Waals surface area contributed by atoms with E-state index in [0.29, 0.717) is 23.6 Å². The van der Waals surface area contributed by atoms with Crippen LogP contribution in [0.3, 0.4) is 0 Å². The van der Waals surface area contributed by atoms with Gasteiger partial charge in [-0.3, -0.25) is 4.79 Å². The number of likely N-dealkylation sites (N-methyl/N-ethyl adjacent to an activating group) is 1. The number of benzene rings is 2. The van der Waals surface area contributed by atoms with Crippen molar-refractivity contribution >= 4 is 23.5 Å². The molecular weight excluding hydrogens is 326 g/mol. The molecule has 0 spiro atoms. The third-order valence-electron chi connectivity index (χ3n) is 4.19. The number of hydrogen-bond donors (Lipinski definition) is 0. The third kappa shape index (κ3) is 3.15. The Kier molecular flexibility index (Phi) is 4.33. The molecule has 0 aromatic heterocycles. The average molecular weight is 344 g/mol. The highest BCUT2D eigenvalue weighted by Gasteiger charge is 2.44. The minimum absolute atomic E-state index is 0.231. The van der Waals surface area contributed by atoms with E-state index < -0.39 is 11.6 Å². The first-order valence-corrected chi connectivity index (χ1v) is 8.08. The zero-order chi connectivity index (χ0) is 17.3. The molecule has 0 fully saturated rings. The molecular formula is C19H18ClNO3. The maximum atomic E-state index is 12.9. The van der Waals surface area contributed by atoms with E-state index in [1.165, 1.54) is 0 Å². The van der Waals surface area contributed by atoms with Gasteiger partial charge in [-0.2, -0.15) is 0 Å². The van der Waals surface area contributed by atoms with Crippen molar-refractivity contribution in [3.63, 3.8) is 0 Å². The van der Waals surface area contributed by atoms with Gasteiger partial charge in [-0.05, 0) is 36.2 Å². The lowest BCUT2D eigenvalue weighted by atomic mass is 9.89. The fraction of sp³-hybridized carbons (Fsp3) is 0.263. The van der Waals surface area contributed by atoms with Crippen LogP contribution in [0, 0.1) is 0 Å². The van der Waals surface area contributed by atoms with Crippen LogP contribution in [0.2, 0.25) is 5.02 Å². The lowest BCUT2D eigenvalue weighted by Gasteiger charge is -2.36. The van der Waals surface area contributed by atoms with Gasteiger partial charge in [0.15, 0.2) is 5.60 Å². The van der Waals surface area contributed by atoms with E-state index >= 15 is 0 Å². The Labute approximate surface area is 146 Å². The van der Waals surface area contributed by atoms with Crippen LogP contribution < -0.4 is 0 Å². The topological polar surface area (TPSA) is 46.6 Å². The molecule has 0 radical (unpaired) electrons. The SMILES string of the molecule is CN(Cc1cccc(Cl)c1)C(=O)[C@]1(C)Cc2ccccc2C(=O)O1. The van der Waals surface area contributed by atoms with E-state index in [1.807, 2.05) is 30.3 Å². The molecule has 1 amide bonds. The van der Waals surface area contributed by atoms with Crippen molar-refractivity contribution < 1.29 is 14.3 Å². The summed E-state index contributed by atoms with van der Waals surface area (Å²) >= 11 is 5.99. The Bertz CT molecular complexity index is 805. The van der Waals surface area contributed by atoms with Crippen LogP contribution in [-0.2, 0) is 22.5 Å².